The molecule has 0 aliphatic carbocycles. The van der Waals surface area contributed by atoms with Crippen molar-refractivity contribution in [2.45, 2.75) is 25.8 Å². The van der Waals surface area contributed by atoms with Crippen molar-refractivity contribution >= 4 is 29.1 Å². The lowest BCUT2D eigenvalue weighted by Gasteiger charge is -2.22. The first-order valence-electron chi connectivity index (χ1n) is 8.00. The van der Waals surface area contributed by atoms with Crippen LogP contribution in [0, 0.1) is 0 Å². The van der Waals surface area contributed by atoms with E-state index in [0.717, 1.165) is 12.1 Å². The number of nitrogens with one attached hydrogen (secondary N) is 1. The van der Waals surface area contributed by atoms with Gasteiger partial charge in [-0.3, -0.25) is 9.59 Å². The number of carbonyl (C=O) groups is 2. The summed E-state index contributed by atoms with van der Waals surface area (Å²) in [5, 5.41) is 3.17. The number of hydrogen-bond donors (Lipinski definition) is 1. The number of carbonyl (C=O) groups excluding carboxylic acids is 2. The molecule has 1 N–H and O–H groups in total. The molecule has 2 amide bonds. The minimum Gasteiger partial charge on any atom is -0.351 e. The molecule has 1 aliphatic heterocycles. The van der Waals surface area contributed by atoms with E-state index in [9.17, 15) is 9.59 Å². The average molecular weight is 343 g/mol. The molecule has 2 aromatic rings. The van der Waals surface area contributed by atoms with Crippen molar-refractivity contribution in [1.82, 2.24) is 5.32 Å². The van der Waals surface area contributed by atoms with Crippen molar-refractivity contribution in [3.63, 3.8) is 0 Å². The Morgan fingerprint density at radius 2 is 1.88 bits per heavy atom. The van der Waals surface area contributed by atoms with E-state index in [1.54, 1.807) is 24.3 Å². The van der Waals surface area contributed by atoms with E-state index < -0.39 is 0 Å². The highest BCUT2D eigenvalue weighted by atomic mass is 35.5. The monoisotopic (exact) mass is 342 g/mol. The maximum absolute atomic E-state index is 12.6. The van der Waals surface area contributed by atoms with Crippen LogP contribution in [0.15, 0.2) is 48.5 Å². The normalized spacial score (nSPS) is 15.9. The molecule has 0 saturated heterocycles. The molecular formula is C19H19ClN2O2. The van der Waals surface area contributed by atoms with Gasteiger partial charge in [0.15, 0.2) is 0 Å². The van der Waals surface area contributed by atoms with Gasteiger partial charge in [0, 0.05) is 24.7 Å². The van der Waals surface area contributed by atoms with Crippen molar-refractivity contribution in [1.29, 1.82) is 0 Å². The van der Waals surface area contributed by atoms with Gasteiger partial charge in [-0.1, -0.05) is 41.9 Å². The molecule has 5 heteroatoms. The predicted octanol–water partition coefficient (Wildman–Crippen LogP) is 3.44. The highest BCUT2D eigenvalue weighted by Gasteiger charge is 2.30. The SMILES string of the molecule is C[C@H]1Cc2ccccc2N1C(=O)CCNC(=O)c1ccccc1Cl. The summed E-state index contributed by atoms with van der Waals surface area (Å²) < 4.78 is 0. The second kappa shape index (κ2) is 7.05. The Balaban J connectivity index is 1.59. The average Bonchev–Trinajstić information content (AvgIpc) is 2.90. The summed E-state index contributed by atoms with van der Waals surface area (Å²) in [6.07, 6.45) is 1.13. The quantitative estimate of drug-likeness (QED) is 0.925. The minimum absolute atomic E-state index is 0.0203. The summed E-state index contributed by atoms with van der Waals surface area (Å²) in [5.41, 5.74) is 2.59. The maximum Gasteiger partial charge on any atom is 0.252 e. The molecule has 0 spiro atoms. The van der Waals surface area contributed by atoms with Crippen LogP contribution in [0.25, 0.3) is 0 Å². The van der Waals surface area contributed by atoms with Gasteiger partial charge in [-0.25, -0.2) is 0 Å². The third kappa shape index (κ3) is 3.29. The number of anilines is 1. The smallest absolute Gasteiger partial charge is 0.252 e. The van der Waals surface area contributed by atoms with Crippen LogP contribution in [0.4, 0.5) is 5.69 Å². The van der Waals surface area contributed by atoms with Gasteiger partial charge in [-0.05, 0) is 37.1 Å². The van der Waals surface area contributed by atoms with Crippen molar-refractivity contribution in [3.8, 4) is 0 Å². The zero-order valence-electron chi connectivity index (χ0n) is 13.5. The van der Waals surface area contributed by atoms with E-state index in [1.165, 1.54) is 5.56 Å². The van der Waals surface area contributed by atoms with E-state index in [1.807, 2.05) is 30.0 Å². The maximum atomic E-state index is 12.6. The lowest BCUT2D eigenvalue weighted by atomic mass is 10.1. The summed E-state index contributed by atoms with van der Waals surface area (Å²) in [4.78, 5) is 26.5. The lowest BCUT2D eigenvalue weighted by Crippen LogP contribution is -2.38. The predicted molar refractivity (Wildman–Crippen MR) is 95.5 cm³/mol. The molecule has 3 rings (SSSR count). The molecule has 0 aromatic heterocycles. The highest BCUT2D eigenvalue weighted by Crippen LogP contribution is 2.32. The molecule has 4 nitrogen and oxygen atoms in total. The third-order valence-electron chi connectivity index (χ3n) is 4.22. The number of halogens is 1. The number of rotatable bonds is 4. The molecule has 24 heavy (non-hydrogen) atoms. The summed E-state index contributed by atoms with van der Waals surface area (Å²) in [6.45, 7) is 2.33. The standard InChI is InChI=1S/C19H19ClN2O2/c1-13-12-14-6-2-5-9-17(14)22(13)18(23)10-11-21-19(24)15-7-3-4-8-16(15)20/h2-9,13H,10-12H2,1H3,(H,21,24)/t13-/m0/s1. The van der Waals surface area contributed by atoms with E-state index >= 15 is 0 Å². The number of nitrogens with zero attached hydrogens (tertiary/aromatic N) is 1. The fourth-order valence-electron chi connectivity index (χ4n) is 3.09. The molecular weight excluding hydrogens is 324 g/mol. The first kappa shape index (κ1) is 16.5. The minimum atomic E-state index is -0.261. The second-order valence-corrected chi connectivity index (χ2v) is 6.34. The topological polar surface area (TPSA) is 49.4 Å². The van der Waals surface area contributed by atoms with E-state index in [2.05, 4.69) is 11.4 Å². The molecule has 1 atom stereocenters. The Labute approximate surface area is 146 Å². The van der Waals surface area contributed by atoms with Crippen LogP contribution < -0.4 is 10.2 Å². The van der Waals surface area contributed by atoms with Crippen molar-refractivity contribution < 1.29 is 9.59 Å². The van der Waals surface area contributed by atoms with Crippen LogP contribution in [0.2, 0.25) is 5.02 Å². The molecule has 0 radical (unpaired) electrons. The summed E-state index contributed by atoms with van der Waals surface area (Å²) in [7, 11) is 0. The Bertz CT molecular complexity index is 775. The van der Waals surface area contributed by atoms with Crippen LogP contribution in [0.1, 0.15) is 29.3 Å². The van der Waals surface area contributed by atoms with Crippen LogP contribution in [-0.4, -0.2) is 24.4 Å². The van der Waals surface area contributed by atoms with Crippen molar-refractivity contribution in [3.05, 3.63) is 64.7 Å². The van der Waals surface area contributed by atoms with Gasteiger partial charge in [0.05, 0.1) is 10.6 Å². The van der Waals surface area contributed by atoms with Gasteiger partial charge in [0.2, 0.25) is 5.91 Å². The van der Waals surface area contributed by atoms with Crippen LogP contribution >= 0.6 is 11.6 Å². The molecule has 1 aliphatic rings. The number of amides is 2. The van der Waals surface area contributed by atoms with Crippen LogP contribution in [-0.2, 0) is 11.2 Å². The zero-order valence-corrected chi connectivity index (χ0v) is 14.2. The summed E-state index contributed by atoms with van der Waals surface area (Å²) in [5.74, 6) is -0.241. The summed E-state index contributed by atoms with van der Waals surface area (Å²) in [6, 6.07) is 15.0. The van der Waals surface area contributed by atoms with E-state index in [-0.39, 0.29) is 30.8 Å². The second-order valence-electron chi connectivity index (χ2n) is 5.93. The first-order valence-corrected chi connectivity index (χ1v) is 8.38. The number of fused-ring (bicyclic) bond motifs is 1. The molecule has 1 heterocycles. The van der Waals surface area contributed by atoms with Gasteiger partial charge in [0.25, 0.3) is 5.91 Å². The van der Waals surface area contributed by atoms with Gasteiger partial charge in [0.1, 0.15) is 0 Å². The number of para-hydroxylation sites is 1. The van der Waals surface area contributed by atoms with Gasteiger partial charge in [-0.2, -0.15) is 0 Å². The Morgan fingerprint density at radius 1 is 1.17 bits per heavy atom. The molecule has 0 saturated carbocycles. The van der Waals surface area contributed by atoms with Gasteiger partial charge < -0.3 is 10.2 Å². The van der Waals surface area contributed by atoms with Crippen molar-refractivity contribution in [2.24, 2.45) is 0 Å². The van der Waals surface area contributed by atoms with Crippen LogP contribution in [0.5, 0.6) is 0 Å². The fourth-order valence-corrected chi connectivity index (χ4v) is 3.31. The Hall–Kier alpha value is -2.33. The Kier molecular flexibility index (Phi) is 4.86. The number of benzene rings is 2. The first-order chi connectivity index (χ1) is 11.6. The lowest BCUT2D eigenvalue weighted by molar-refractivity contribution is -0.118. The van der Waals surface area contributed by atoms with Crippen molar-refractivity contribution in [2.75, 3.05) is 11.4 Å². The molecule has 0 fully saturated rings. The fraction of sp³-hybridized carbons (Fsp3) is 0.263. The van der Waals surface area contributed by atoms with E-state index in [0.29, 0.717) is 10.6 Å². The van der Waals surface area contributed by atoms with Gasteiger partial charge in [-0.15, -0.1) is 0 Å². The molecule has 2 aromatic carbocycles. The zero-order chi connectivity index (χ0) is 17.1. The Morgan fingerprint density at radius 3 is 2.67 bits per heavy atom. The summed E-state index contributed by atoms with van der Waals surface area (Å²) >= 11 is 6.00. The van der Waals surface area contributed by atoms with Gasteiger partial charge >= 0.3 is 0 Å². The van der Waals surface area contributed by atoms with Crippen LogP contribution in [0.3, 0.4) is 0 Å². The molecule has 0 unspecified atom stereocenters. The number of hydrogen-bond acceptors (Lipinski definition) is 2. The molecule has 124 valence electrons. The molecule has 0 bridgehead atoms. The third-order valence-corrected chi connectivity index (χ3v) is 4.55. The highest BCUT2D eigenvalue weighted by molar-refractivity contribution is 6.33. The largest absolute Gasteiger partial charge is 0.351 e. The van der Waals surface area contributed by atoms with E-state index in [4.69, 9.17) is 11.6 Å².